The molecular formula is C31H41F2N3O4. The topological polar surface area (TPSA) is 90.9 Å². The van der Waals surface area contributed by atoms with E-state index in [1.807, 2.05) is 6.07 Å². The number of amides is 2. The standard InChI is InChI=1S/C31H41F2N3O4/c32-24-12-13-26(33)23(20-24)15-17-34-18-16-29(39)36(25-9-5-1-2-6-10-25)19-7-3-4-8-22-11-14-27(37)30-31(22)40-21-28(38)35-30/h11-14,20,25,34,37H,1-10,15-19,21H2,(H,35,38). The summed E-state index contributed by atoms with van der Waals surface area (Å²) >= 11 is 0. The van der Waals surface area contributed by atoms with Crippen molar-refractivity contribution in [3.05, 3.63) is 53.1 Å². The Morgan fingerprint density at radius 3 is 2.60 bits per heavy atom. The number of aryl methyl sites for hydroxylation is 1. The van der Waals surface area contributed by atoms with E-state index in [2.05, 4.69) is 15.5 Å². The van der Waals surface area contributed by atoms with Gasteiger partial charge in [-0.15, -0.1) is 0 Å². The predicted molar refractivity (Wildman–Crippen MR) is 151 cm³/mol. The molecule has 2 aromatic carbocycles. The maximum absolute atomic E-state index is 13.8. The molecule has 0 radical (unpaired) electrons. The molecule has 3 N–H and O–H groups in total. The number of benzene rings is 2. The number of anilines is 1. The Morgan fingerprint density at radius 1 is 1.00 bits per heavy atom. The van der Waals surface area contributed by atoms with Crippen molar-refractivity contribution < 1.29 is 28.2 Å². The lowest BCUT2D eigenvalue weighted by Crippen LogP contribution is -2.42. The lowest BCUT2D eigenvalue weighted by atomic mass is 10.0. The summed E-state index contributed by atoms with van der Waals surface area (Å²) in [7, 11) is 0. The summed E-state index contributed by atoms with van der Waals surface area (Å²) < 4.78 is 32.8. The third-order valence-electron chi connectivity index (χ3n) is 7.85. The third kappa shape index (κ3) is 8.40. The lowest BCUT2D eigenvalue weighted by molar-refractivity contribution is -0.133. The summed E-state index contributed by atoms with van der Waals surface area (Å²) in [5.74, 6) is -0.451. The molecule has 2 aliphatic rings. The number of fused-ring (bicyclic) bond motifs is 1. The van der Waals surface area contributed by atoms with E-state index in [0.29, 0.717) is 42.9 Å². The van der Waals surface area contributed by atoms with E-state index in [9.17, 15) is 23.5 Å². The zero-order chi connectivity index (χ0) is 28.3. The van der Waals surface area contributed by atoms with Gasteiger partial charge in [0.2, 0.25) is 5.91 Å². The molecule has 0 unspecified atom stereocenters. The first-order valence-electron chi connectivity index (χ1n) is 14.6. The Hall–Kier alpha value is -3.20. The van der Waals surface area contributed by atoms with Crippen molar-refractivity contribution in [2.75, 3.05) is 31.6 Å². The Balaban J connectivity index is 1.24. The number of carbonyl (C=O) groups is 2. The van der Waals surface area contributed by atoms with Crippen LogP contribution < -0.4 is 15.4 Å². The van der Waals surface area contributed by atoms with E-state index in [1.54, 1.807) is 6.07 Å². The summed E-state index contributed by atoms with van der Waals surface area (Å²) in [5, 5.41) is 16.0. The van der Waals surface area contributed by atoms with Gasteiger partial charge in [0.1, 0.15) is 23.1 Å². The second kappa shape index (κ2) is 15.0. The maximum Gasteiger partial charge on any atom is 0.262 e. The number of unbranched alkanes of at least 4 members (excludes halogenated alkanes) is 2. The number of rotatable bonds is 13. The molecule has 1 saturated carbocycles. The molecular weight excluding hydrogens is 516 g/mol. The molecule has 1 aliphatic carbocycles. The minimum absolute atomic E-state index is 0.0000269. The molecule has 2 aromatic rings. The van der Waals surface area contributed by atoms with E-state index in [-0.39, 0.29) is 30.2 Å². The Morgan fingerprint density at radius 2 is 1.80 bits per heavy atom. The van der Waals surface area contributed by atoms with Crippen molar-refractivity contribution in [1.82, 2.24) is 10.2 Å². The van der Waals surface area contributed by atoms with Gasteiger partial charge >= 0.3 is 0 Å². The van der Waals surface area contributed by atoms with Gasteiger partial charge in [-0.25, -0.2) is 8.78 Å². The summed E-state index contributed by atoms with van der Waals surface area (Å²) in [6.07, 6.45) is 11.1. The molecule has 0 aromatic heterocycles. The van der Waals surface area contributed by atoms with Crippen LogP contribution in [-0.2, 0) is 22.4 Å². The minimum atomic E-state index is -0.449. The molecule has 1 aliphatic heterocycles. The summed E-state index contributed by atoms with van der Waals surface area (Å²) in [6, 6.07) is 7.17. The highest BCUT2D eigenvalue weighted by Crippen LogP contribution is 2.39. The zero-order valence-electron chi connectivity index (χ0n) is 23.2. The van der Waals surface area contributed by atoms with Crippen LogP contribution in [0.15, 0.2) is 30.3 Å². The molecule has 40 heavy (non-hydrogen) atoms. The number of nitrogens with one attached hydrogen (secondary N) is 2. The quantitative estimate of drug-likeness (QED) is 0.172. The van der Waals surface area contributed by atoms with Crippen molar-refractivity contribution in [1.29, 1.82) is 0 Å². The molecule has 7 nitrogen and oxygen atoms in total. The number of phenols is 1. The second-order valence-corrected chi connectivity index (χ2v) is 10.8. The van der Waals surface area contributed by atoms with Gasteiger partial charge in [-0.2, -0.15) is 0 Å². The second-order valence-electron chi connectivity index (χ2n) is 10.8. The molecule has 1 heterocycles. The van der Waals surface area contributed by atoms with Crippen LogP contribution in [0.2, 0.25) is 0 Å². The van der Waals surface area contributed by atoms with Crippen LogP contribution >= 0.6 is 0 Å². The fourth-order valence-electron chi connectivity index (χ4n) is 5.69. The van der Waals surface area contributed by atoms with Crippen LogP contribution in [0.4, 0.5) is 14.5 Å². The molecule has 9 heteroatoms. The Bertz CT molecular complexity index is 1150. The number of halogens is 2. The number of aromatic hydroxyl groups is 1. The van der Waals surface area contributed by atoms with Gasteiger partial charge in [0.05, 0.1) is 0 Å². The highest BCUT2D eigenvalue weighted by atomic mass is 19.1. The highest BCUT2D eigenvalue weighted by molar-refractivity contribution is 5.97. The molecule has 4 rings (SSSR count). The smallest absolute Gasteiger partial charge is 0.262 e. The highest BCUT2D eigenvalue weighted by Gasteiger charge is 2.25. The van der Waals surface area contributed by atoms with Crippen molar-refractivity contribution in [2.24, 2.45) is 0 Å². The van der Waals surface area contributed by atoms with Crippen LogP contribution in [0, 0.1) is 11.6 Å². The van der Waals surface area contributed by atoms with E-state index in [4.69, 9.17) is 4.74 Å². The SMILES string of the molecule is O=C1COc2c(CCCCCN(C(=O)CCNCCc3cc(F)ccc3F)C3CCCCCC3)ccc(O)c2N1. The monoisotopic (exact) mass is 557 g/mol. The number of hydrogen-bond acceptors (Lipinski definition) is 5. The van der Waals surface area contributed by atoms with Crippen molar-refractivity contribution >= 4 is 17.5 Å². The molecule has 0 saturated heterocycles. The minimum Gasteiger partial charge on any atom is -0.506 e. The van der Waals surface area contributed by atoms with Gasteiger partial charge in [-0.05, 0) is 80.5 Å². The number of carbonyl (C=O) groups excluding carboxylic acids is 2. The van der Waals surface area contributed by atoms with Crippen molar-refractivity contribution in [3.63, 3.8) is 0 Å². The molecule has 0 spiro atoms. The summed E-state index contributed by atoms with van der Waals surface area (Å²) in [5.41, 5.74) is 1.63. The number of hydrogen-bond donors (Lipinski definition) is 3. The van der Waals surface area contributed by atoms with Crippen LogP contribution in [-0.4, -0.2) is 54.1 Å². The predicted octanol–water partition coefficient (Wildman–Crippen LogP) is 5.49. The molecule has 0 atom stereocenters. The number of nitrogens with zero attached hydrogens (tertiary/aromatic N) is 1. The van der Waals surface area contributed by atoms with E-state index < -0.39 is 11.6 Å². The van der Waals surface area contributed by atoms with Crippen molar-refractivity contribution in [2.45, 2.75) is 83.1 Å². The van der Waals surface area contributed by atoms with Crippen LogP contribution in [0.1, 0.15) is 75.3 Å². The van der Waals surface area contributed by atoms with Gasteiger partial charge in [0.25, 0.3) is 5.91 Å². The molecule has 218 valence electrons. The van der Waals surface area contributed by atoms with Crippen LogP contribution in [0.3, 0.4) is 0 Å². The average Bonchev–Trinajstić information content (AvgIpc) is 3.23. The Labute approximate surface area is 235 Å². The largest absolute Gasteiger partial charge is 0.506 e. The Kier molecular flexibility index (Phi) is 11.1. The number of phenolic OH excluding ortho intramolecular Hbond substituents is 1. The van der Waals surface area contributed by atoms with E-state index in [0.717, 1.165) is 75.6 Å². The third-order valence-corrected chi connectivity index (χ3v) is 7.85. The first kappa shape index (κ1) is 29.8. The van der Waals surface area contributed by atoms with Gasteiger partial charge in [-0.3, -0.25) is 9.59 Å². The summed E-state index contributed by atoms with van der Waals surface area (Å²) in [6.45, 7) is 1.64. The normalized spacial score (nSPS) is 15.6. The maximum atomic E-state index is 13.8. The first-order chi connectivity index (χ1) is 19.4. The molecule has 2 amide bonds. The van der Waals surface area contributed by atoms with Gasteiger partial charge in [-0.1, -0.05) is 38.2 Å². The van der Waals surface area contributed by atoms with Crippen molar-refractivity contribution in [3.8, 4) is 11.5 Å². The fourth-order valence-corrected chi connectivity index (χ4v) is 5.69. The summed E-state index contributed by atoms with van der Waals surface area (Å²) in [4.78, 5) is 27.0. The average molecular weight is 558 g/mol. The zero-order valence-corrected chi connectivity index (χ0v) is 23.2. The van der Waals surface area contributed by atoms with Crippen LogP contribution in [0.5, 0.6) is 11.5 Å². The van der Waals surface area contributed by atoms with E-state index in [1.165, 1.54) is 18.9 Å². The van der Waals surface area contributed by atoms with Gasteiger partial charge in [0.15, 0.2) is 12.4 Å². The van der Waals surface area contributed by atoms with Gasteiger partial charge < -0.3 is 25.4 Å². The number of ether oxygens (including phenoxy) is 1. The van der Waals surface area contributed by atoms with E-state index >= 15 is 0 Å². The first-order valence-corrected chi connectivity index (χ1v) is 14.6. The molecule has 0 bridgehead atoms. The molecule has 1 fully saturated rings. The van der Waals surface area contributed by atoms with Gasteiger partial charge in [0, 0.05) is 25.6 Å². The fraction of sp³-hybridized carbons (Fsp3) is 0.548. The van der Waals surface area contributed by atoms with Crippen LogP contribution in [0.25, 0.3) is 0 Å². The lowest BCUT2D eigenvalue weighted by Gasteiger charge is -2.32.